The van der Waals surface area contributed by atoms with E-state index >= 15 is 4.39 Å². The van der Waals surface area contributed by atoms with Gasteiger partial charge in [0.25, 0.3) is 5.91 Å². The van der Waals surface area contributed by atoms with Crippen molar-refractivity contribution in [3.05, 3.63) is 28.7 Å². The van der Waals surface area contributed by atoms with Crippen LogP contribution in [0, 0.1) is 11.2 Å². The summed E-state index contributed by atoms with van der Waals surface area (Å²) in [7, 11) is 0. The fourth-order valence-corrected chi connectivity index (χ4v) is 7.21. The Morgan fingerprint density at radius 1 is 1.21 bits per heavy atom. The number of hydrogen-bond donors (Lipinski definition) is 0. The second kappa shape index (κ2) is 8.92. The first kappa shape index (κ1) is 23.9. The van der Waals surface area contributed by atoms with Crippen LogP contribution >= 0.6 is 11.3 Å². The molecule has 198 valence electrons. The van der Waals surface area contributed by atoms with Gasteiger partial charge in [-0.25, -0.2) is 9.37 Å². The van der Waals surface area contributed by atoms with Crippen molar-refractivity contribution in [2.45, 2.75) is 38.5 Å². The van der Waals surface area contributed by atoms with E-state index in [9.17, 15) is 4.79 Å². The van der Waals surface area contributed by atoms with E-state index in [1.54, 1.807) is 10.4 Å². The number of thiazole rings is 1. The molecular formula is C26H27FN6O4S. The van der Waals surface area contributed by atoms with Gasteiger partial charge in [-0.3, -0.25) is 14.8 Å². The minimum absolute atomic E-state index is 0.0735. The molecule has 0 radical (unpaired) electrons. The summed E-state index contributed by atoms with van der Waals surface area (Å²) < 4.78 is 33.5. The molecule has 0 aliphatic carbocycles. The van der Waals surface area contributed by atoms with Crippen molar-refractivity contribution < 1.29 is 23.2 Å². The van der Waals surface area contributed by atoms with E-state index < -0.39 is 11.2 Å². The molecule has 3 atom stereocenters. The molecule has 38 heavy (non-hydrogen) atoms. The molecular weight excluding hydrogens is 511 g/mol. The fourth-order valence-electron chi connectivity index (χ4n) is 6.44. The van der Waals surface area contributed by atoms with Gasteiger partial charge in [0.2, 0.25) is 5.58 Å². The van der Waals surface area contributed by atoms with Crippen molar-refractivity contribution in [1.82, 2.24) is 15.0 Å². The Labute approximate surface area is 222 Å². The van der Waals surface area contributed by atoms with Gasteiger partial charge in [0.05, 0.1) is 58.3 Å². The summed E-state index contributed by atoms with van der Waals surface area (Å²) in [5, 5.41) is 4.78. The predicted molar refractivity (Wildman–Crippen MR) is 141 cm³/mol. The first-order chi connectivity index (χ1) is 18.5. The van der Waals surface area contributed by atoms with Crippen molar-refractivity contribution in [1.29, 1.82) is 0 Å². The lowest BCUT2D eigenvalue weighted by Gasteiger charge is -2.54. The fraction of sp³-hybridized carbons (Fsp3) is 0.500. The van der Waals surface area contributed by atoms with Gasteiger partial charge in [-0.15, -0.1) is 11.3 Å². The van der Waals surface area contributed by atoms with Crippen molar-refractivity contribution in [2.24, 2.45) is 15.4 Å². The van der Waals surface area contributed by atoms with Gasteiger partial charge in [-0.05, 0) is 31.9 Å². The number of nitrogens with zero attached hydrogens (tertiary/aromatic N) is 6. The number of rotatable bonds is 2. The quantitative estimate of drug-likeness (QED) is 0.493. The largest absolute Gasteiger partial charge is 0.378 e. The van der Waals surface area contributed by atoms with Crippen LogP contribution in [0.25, 0.3) is 21.5 Å². The maximum Gasteiger partial charge on any atom is 0.274 e. The third-order valence-electron chi connectivity index (χ3n) is 7.88. The lowest BCUT2D eigenvalue weighted by Crippen LogP contribution is -2.65. The van der Waals surface area contributed by atoms with Crippen molar-refractivity contribution >= 4 is 46.3 Å². The second-order valence-corrected chi connectivity index (χ2v) is 11.2. The van der Waals surface area contributed by atoms with Crippen LogP contribution in [0.2, 0.25) is 0 Å². The Balaban J connectivity index is 1.36. The lowest BCUT2D eigenvalue weighted by atomic mass is 9.69. The summed E-state index contributed by atoms with van der Waals surface area (Å²) in [4.78, 5) is 31.0. The highest BCUT2D eigenvalue weighted by molar-refractivity contribution is 7.13. The molecule has 12 heteroatoms. The number of fused-ring (bicyclic) bond motifs is 5. The third-order valence-corrected chi connectivity index (χ3v) is 8.72. The molecule has 4 aliphatic heterocycles. The zero-order valence-electron chi connectivity index (χ0n) is 21.1. The molecule has 0 bridgehead atoms. The van der Waals surface area contributed by atoms with Crippen LogP contribution < -0.4 is 4.90 Å². The highest BCUT2D eigenvalue weighted by atomic mass is 32.1. The van der Waals surface area contributed by atoms with Gasteiger partial charge < -0.3 is 23.8 Å². The Kier molecular flexibility index (Phi) is 5.60. The normalized spacial score (nSPS) is 26.1. The van der Waals surface area contributed by atoms with Crippen molar-refractivity contribution in [3.8, 4) is 10.6 Å². The summed E-state index contributed by atoms with van der Waals surface area (Å²) in [5.41, 5.74) is 3.22. The van der Waals surface area contributed by atoms with Crippen LogP contribution in [0.15, 0.2) is 26.1 Å². The van der Waals surface area contributed by atoms with Crippen LogP contribution in [-0.4, -0.2) is 91.1 Å². The Morgan fingerprint density at radius 2 is 2.00 bits per heavy atom. The van der Waals surface area contributed by atoms with Crippen LogP contribution in [0.3, 0.4) is 0 Å². The maximum atomic E-state index is 16.4. The molecule has 1 amide bonds. The van der Waals surface area contributed by atoms with Crippen LogP contribution in [-0.2, 0) is 15.9 Å². The molecule has 7 rings (SSSR count). The summed E-state index contributed by atoms with van der Waals surface area (Å²) in [5.74, 6) is -0.639. The zero-order chi connectivity index (χ0) is 26.0. The van der Waals surface area contributed by atoms with Gasteiger partial charge >= 0.3 is 0 Å². The number of hydrogen-bond acceptors (Lipinski definition) is 10. The number of ether oxygens (including phenoxy) is 2. The molecule has 2 aromatic heterocycles. The Bertz CT molecular complexity index is 1470. The van der Waals surface area contributed by atoms with Crippen molar-refractivity contribution in [3.63, 3.8) is 0 Å². The minimum Gasteiger partial charge on any atom is -0.378 e. The SMILES string of the molecule is C[C@@H]1CN2c3c(cc4c(-c5scnc5C(=O)N5CCOCC5)noc4c3F)CC3(C=NCN=C3)[C@H]2[C@H](C)O1. The van der Waals surface area contributed by atoms with E-state index in [1.165, 1.54) is 11.3 Å². The molecule has 1 spiro atoms. The smallest absolute Gasteiger partial charge is 0.274 e. The number of carbonyl (C=O) groups is 1. The number of benzene rings is 1. The summed E-state index contributed by atoms with van der Waals surface area (Å²) >= 11 is 1.29. The standard InChI is InChI=1S/C26H27FN6O4S/c1-14-9-33-21-16(8-26(10-28-12-29-11-26)24(33)15(2)36-14)7-17-19(31-37-22(17)18(21)27)23-20(30-13-38-23)25(34)32-3-5-35-6-4-32/h7,10-11,13-15,24H,3-6,8-9,12H2,1-2H3/t14-,15+,24-/m1/s1. The van der Waals surface area contributed by atoms with Gasteiger partial charge in [-0.1, -0.05) is 5.16 Å². The molecule has 0 N–H and O–H groups in total. The van der Waals surface area contributed by atoms with Gasteiger partial charge in [0.1, 0.15) is 18.1 Å². The number of aromatic nitrogens is 2. The first-order valence-corrected chi connectivity index (χ1v) is 13.7. The number of anilines is 1. The monoisotopic (exact) mass is 538 g/mol. The molecule has 6 heterocycles. The van der Waals surface area contributed by atoms with Crippen LogP contribution in [0.1, 0.15) is 29.9 Å². The highest BCUT2D eigenvalue weighted by Gasteiger charge is 2.52. The van der Waals surface area contributed by atoms with Gasteiger partial charge in [0, 0.05) is 32.1 Å². The highest BCUT2D eigenvalue weighted by Crippen LogP contribution is 2.48. The molecule has 10 nitrogen and oxygen atoms in total. The average molecular weight is 539 g/mol. The summed E-state index contributed by atoms with van der Waals surface area (Å²) in [6.07, 6.45) is 4.19. The molecule has 0 saturated carbocycles. The number of morpholine rings is 2. The van der Waals surface area contributed by atoms with E-state index in [2.05, 4.69) is 25.0 Å². The van der Waals surface area contributed by atoms with Gasteiger partial charge in [0.15, 0.2) is 5.82 Å². The third kappa shape index (κ3) is 3.53. The van der Waals surface area contributed by atoms with E-state index in [-0.39, 0.29) is 29.7 Å². The van der Waals surface area contributed by atoms with E-state index in [4.69, 9.17) is 14.0 Å². The molecule has 0 unspecified atom stereocenters. The topological polar surface area (TPSA) is 106 Å². The number of amides is 1. The first-order valence-electron chi connectivity index (χ1n) is 12.8. The number of aliphatic imine (C=N–C) groups is 2. The van der Waals surface area contributed by atoms with E-state index in [0.717, 1.165) is 5.56 Å². The second-order valence-electron chi connectivity index (χ2n) is 10.3. The lowest BCUT2D eigenvalue weighted by molar-refractivity contribution is -0.0432. The molecule has 3 aromatic rings. The Hall–Kier alpha value is -3.22. The maximum absolute atomic E-state index is 16.4. The van der Waals surface area contributed by atoms with Crippen LogP contribution in [0.5, 0.6) is 0 Å². The van der Waals surface area contributed by atoms with E-state index in [1.807, 2.05) is 32.3 Å². The predicted octanol–water partition coefficient (Wildman–Crippen LogP) is 3.20. The summed E-state index contributed by atoms with van der Waals surface area (Å²) in [6.45, 7) is 6.92. The van der Waals surface area contributed by atoms with Crippen molar-refractivity contribution in [2.75, 3.05) is 44.4 Å². The Morgan fingerprint density at radius 3 is 2.79 bits per heavy atom. The number of carbonyl (C=O) groups excluding carboxylic acids is 1. The van der Waals surface area contributed by atoms with Gasteiger partial charge in [-0.2, -0.15) is 0 Å². The molecule has 1 aromatic carbocycles. The average Bonchev–Trinajstić information content (AvgIpc) is 3.56. The molecule has 2 fully saturated rings. The molecule has 4 aliphatic rings. The zero-order valence-corrected chi connectivity index (χ0v) is 21.9. The minimum atomic E-state index is -0.524. The number of halogens is 1. The van der Waals surface area contributed by atoms with E-state index in [0.29, 0.717) is 73.3 Å². The van der Waals surface area contributed by atoms with Crippen LogP contribution in [0.4, 0.5) is 10.1 Å². The summed E-state index contributed by atoms with van der Waals surface area (Å²) in [6, 6.07) is 1.79. The molecule has 2 saturated heterocycles.